The highest BCUT2D eigenvalue weighted by Crippen LogP contribution is 2.45. The number of benzene rings is 8. The summed E-state index contributed by atoms with van der Waals surface area (Å²) in [5.74, 6) is 0.871. The smallest absolute Gasteiger partial charge is 0.143 e. The maximum absolute atomic E-state index is 6.65. The minimum Gasteiger partial charge on any atom is -0.455 e. The van der Waals surface area contributed by atoms with Gasteiger partial charge in [-0.25, -0.2) is 0 Å². The zero-order valence-electron chi connectivity index (χ0n) is 25.1. The van der Waals surface area contributed by atoms with Crippen LogP contribution in [0.15, 0.2) is 180 Å². The van der Waals surface area contributed by atoms with Crippen molar-refractivity contribution in [3.05, 3.63) is 176 Å². The first-order valence-corrected chi connectivity index (χ1v) is 15.7. The van der Waals surface area contributed by atoms with Gasteiger partial charge in [0, 0.05) is 33.3 Å². The van der Waals surface area contributed by atoms with E-state index in [4.69, 9.17) is 4.42 Å². The van der Waals surface area contributed by atoms with E-state index in [1.807, 2.05) is 6.07 Å². The third kappa shape index (κ3) is 4.35. The number of nitrogens with zero attached hydrogens (tertiary/aromatic N) is 1. The molecule has 0 saturated heterocycles. The predicted octanol–water partition coefficient (Wildman–Crippen LogP) is 12.7. The van der Waals surface area contributed by atoms with Crippen LogP contribution in [0.25, 0.3) is 65.7 Å². The zero-order chi connectivity index (χ0) is 30.5. The topological polar surface area (TPSA) is 16.4 Å². The van der Waals surface area contributed by atoms with Crippen molar-refractivity contribution in [1.29, 1.82) is 0 Å². The Morgan fingerprint density at radius 3 is 1.85 bits per heavy atom. The predicted molar refractivity (Wildman–Crippen MR) is 194 cm³/mol. The van der Waals surface area contributed by atoms with Gasteiger partial charge in [-0.3, -0.25) is 0 Å². The highest BCUT2D eigenvalue weighted by atomic mass is 16.3. The molecule has 2 heteroatoms. The molecule has 0 fully saturated rings. The van der Waals surface area contributed by atoms with E-state index in [9.17, 15) is 0 Å². The molecule has 2 nitrogen and oxygen atoms in total. The van der Waals surface area contributed by atoms with Crippen LogP contribution in [0.5, 0.6) is 0 Å². The van der Waals surface area contributed by atoms with Gasteiger partial charge in [0.15, 0.2) is 0 Å². The molecule has 0 radical (unpaired) electrons. The van der Waals surface area contributed by atoms with Gasteiger partial charge < -0.3 is 9.32 Å². The standard InChI is InChI=1S/C44H29NO/c1-2-14-31(15-3-1)43-40-23-10-11-24-42(40)46-44(43)34-18-12-19-35(28-34)45(36-26-25-30-13-4-5-16-32(30)27-36)41-29-33-17-6-7-20-37(33)38-21-8-9-22-39(38)41/h1-29H. The van der Waals surface area contributed by atoms with Crippen LogP contribution >= 0.6 is 0 Å². The molecule has 0 unspecified atom stereocenters. The summed E-state index contributed by atoms with van der Waals surface area (Å²) >= 11 is 0. The average Bonchev–Trinajstić information content (AvgIpc) is 3.52. The Kier molecular flexibility index (Phi) is 6.17. The van der Waals surface area contributed by atoms with Crippen LogP contribution in [0, 0.1) is 0 Å². The van der Waals surface area contributed by atoms with Crippen LogP contribution in [-0.4, -0.2) is 0 Å². The molecule has 46 heavy (non-hydrogen) atoms. The fourth-order valence-electron chi connectivity index (χ4n) is 6.89. The van der Waals surface area contributed by atoms with Crippen molar-refractivity contribution in [2.45, 2.75) is 0 Å². The lowest BCUT2D eigenvalue weighted by molar-refractivity contribution is 0.632. The Labute approximate surface area is 267 Å². The van der Waals surface area contributed by atoms with E-state index in [2.05, 4.69) is 175 Å². The molecule has 9 rings (SSSR count). The summed E-state index contributed by atoms with van der Waals surface area (Å²) in [6, 6.07) is 62.7. The lowest BCUT2D eigenvalue weighted by Gasteiger charge is -2.28. The fourth-order valence-corrected chi connectivity index (χ4v) is 6.89. The Bertz CT molecular complexity index is 2540. The summed E-state index contributed by atoms with van der Waals surface area (Å²) in [7, 11) is 0. The minimum atomic E-state index is 0.871. The monoisotopic (exact) mass is 587 g/mol. The van der Waals surface area contributed by atoms with Crippen molar-refractivity contribution in [2.24, 2.45) is 0 Å². The summed E-state index contributed by atoms with van der Waals surface area (Å²) in [5, 5.41) is 8.44. The normalized spacial score (nSPS) is 11.5. The molecule has 0 saturated carbocycles. The second-order valence-electron chi connectivity index (χ2n) is 11.7. The molecule has 0 spiro atoms. The largest absolute Gasteiger partial charge is 0.455 e. The van der Waals surface area contributed by atoms with Crippen molar-refractivity contribution < 1.29 is 4.42 Å². The number of rotatable bonds is 5. The zero-order valence-corrected chi connectivity index (χ0v) is 25.1. The minimum absolute atomic E-state index is 0.871. The molecular weight excluding hydrogens is 558 g/mol. The molecule has 0 aliphatic rings. The van der Waals surface area contributed by atoms with Crippen molar-refractivity contribution in [3.63, 3.8) is 0 Å². The maximum Gasteiger partial charge on any atom is 0.143 e. The molecule has 0 amide bonds. The van der Waals surface area contributed by atoms with E-state index in [1.165, 1.54) is 32.3 Å². The van der Waals surface area contributed by atoms with E-state index in [0.29, 0.717) is 0 Å². The summed E-state index contributed by atoms with van der Waals surface area (Å²) in [6.07, 6.45) is 0. The third-order valence-electron chi connectivity index (χ3n) is 9.00. The van der Waals surface area contributed by atoms with Crippen molar-refractivity contribution in [3.8, 4) is 22.5 Å². The van der Waals surface area contributed by atoms with Gasteiger partial charge >= 0.3 is 0 Å². The fraction of sp³-hybridized carbons (Fsp3) is 0. The van der Waals surface area contributed by atoms with Crippen LogP contribution < -0.4 is 4.90 Å². The lowest BCUT2D eigenvalue weighted by Crippen LogP contribution is -2.11. The van der Waals surface area contributed by atoms with E-state index in [0.717, 1.165) is 50.5 Å². The quantitative estimate of drug-likeness (QED) is 0.186. The summed E-state index contributed by atoms with van der Waals surface area (Å²) < 4.78 is 6.65. The second-order valence-corrected chi connectivity index (χ2v) is 11.7. The van der Waals surface area contributed by atoms with Gasteiger partial charge in [-0.1, -0.05) is 140 Å². The molecule has 1 heterocycles. The van der Waals surface area contributed by atoms with Gasteiger partial charge in [-0.15, -0.1) is 0 Å². The van der Waals surface area contributed by atoms with E-state index < -0.39 is 0 Å². The van der Waals surface area contributed by atoms with Crippen LogP contribution in [0.4, 0.5) is 17.1 Å². The number of furan rings is 1. The first kappa shape index (κ1) is 26.3. The van der Waals surface area contributed by atoms with Gasteiger partial charge in [0.05, 0.1) is 5.69 Å². The number of fused-ring (bicyclic) bond motifs is 5. The summed E-state index contributed by atoms with van der Waals surface area (Å²) in [4.78, 5) is 2.40. The van der Waals surface area contributed by atoms with Crippen LogP contribution in [-0.2, 0) is 0 Å². The molecule has 1 aromatic heterocycles. The molecular formula is C44H29NO. The van der Waals surface area contributed by atoms with E-state index in [1.54, 1.807) is 0 Å². The van der Waals surface area contributed by atoms with E-state index in [-0.39, 0.29) is 0 Å². The van der Waals surface area contributed by atoms with Crippen molar-refractivity contribution in [1.82, 2.24) is 0 Å². The van der Waals surface area contributed by atoms with Gasteiger partial charge in [-0.05, 0) is 68.9 Å². The number of hydrogen-bond donors (Lipinski definition) is 0. The molecule has 8 aromatic carbocycles. The molecule has 0 N–H and O–H groups in total. The summed E-state index contributed by atoms with van der Waals surface area (Å²) in [5.41, 5.74) is 7.46. The van der Waals surface area contributed by atoms with Gasteiger partial charge in [0.1, 0.15) is 11.3 Å². The van der Waals surface area contributed by atoms with Gasteiger partial charge in [0.25, 0.3) is 0 Å². The Morgan fingerprint density at radius 2 is 1.00 bits per heavy atom. The third-order valence-corrected chi connectivity index (χ3v) is 9.00. The van der Waals surface area contributed by atoms with Crippen LogP contribution in [0.3, 0.4) is 0 Å². The summed E-state index contributed by atoms with van der Waals surface area (Å²) in [6.45, 7) is 0. The molecule has 0 atom stereocenters. The number of hydrogen-bond acceptors (Lipinski definition) is 2. The van der Waals surface area contributed by atoms with Gasteiger partial charge in [0.2, 0.25) is 0 Å². The molecule has 216 valence electrons. The SMILES string of the molecule is c1ccc(-c2c(-c3cccc(N(c4ccc5ccccc5c4)c4cc5ccccc5c5ccccc45)c3)oc3ccccc23)cc1. The highest BCUT2D eigenvalue weighted by molar-refractivity contribution is 6.15. The highest BCUT2D eigenvalue weighted by Gasteiger charge is 2.21. The number of anilines is 3. The van der Waals surface area contributed by atoms with E-state index >= 15 is 0 Å². The molecule has 0 aliphatic heterocycles. The number of para-hydroxylation sites is 1. The molecule has 0 bridgehead atoms. The van der Waals surface area contributed by atoms with Gasteiger partial charge in [-0.2, -0.15) is 0 Å². The van der Waals surface area contributed by atoms with Crippen molar-refractivity contribution in [2.75, 3.05) is 4.90 Å². The Hall–Kier alpha value is -6.12. The average molecular weight is 588 g/mol. The Balaban J connectivity index is 1.31. The first-order valence-electron chi connectivity index (χ1n) is 15.7. The maximum atomic E-state index is 6.65. The molecule has 9 aromatic rings. The van der Waals surface area contributed by atoms with Crippen LogP contribution in [0.1, 0.15) is 0 Å². The molecule has 0 aliphatic carbocycles. The first-order chi connectivity index (χ1) is 22.8. The van der Waals surface area contributed by atoms with Crippen LogP contribution in [0.2, 0.25) is 0 Å². The second kappa shape index (κ2) is 10.8. The lowest BCUT2D eigenvalue weighted by atomic mass is 9.97. The van der Waals surface area contributed by atoms with Crippen molar-refractivity contribution >= 4 is 60.3 Å². The Morgan fingerprint density at radius 1 is 0.370 bits per heavy atom.